The highest BCUT2D eigenvalue weighted by atomic mass is 16.7. The van der Waals surface area contributed by atoms with Gasteiger partial charge in [0.25, 0.3) is 0 Å². The highest BCUT2D eigenvalue weighted by Gasteiger charge is 2.33. The van der Waals surface area contributed by atoms with Crippen molar-refractivity contribution in [3.8, 4) is 0 Å². The van der Waals surface area contributed by atoms with E-state index in [2.05, 4.69) is 0 Å². The van der Waals surface area contributed by atoms with Crippen molar-refractivity contribution in [2.45, 2.75) is 24.9 Å². The standard InChI is InChI=1S/C6H10O4/c1-9-6-2-4(8)5(3-7)10-6/h3-6,8H,2H2,1H3/t4-,5-,6?/m1/s1. The topological polar surface area (TPSA) is 55.8 Å². The van der Waals surface area contributed by atoms with Gasteiger partial charge in [0.1, 0.15) is 6.10 Å². The van der Waals surface area contributed by atoms with E-state index in [1.54, 1.807) is 0 Å². The van der Waals surface area contributed by atoms with Gasteiger partial charge in [0, 0.05) is 13.5 Å². The van der Waals surface area contributed by atoms with Crippen LogP contribution in [-0.2, 0) is 14.3 Å². The summed E-state index contributed by atoms with van der Waals surface area (Å²) >= 11 is 0. The molecule has 0 aromatic heterocycles. The number of aliphatic hydroxyl groups is 1. The number of methoxy groups -OCH3 is 1. The number of rotatable bonds is 2. The van der Waals surface area contributed by atoms with E-state index in [0.29, 0.717) is 12.7 Å². The second kappa shape index (κ2) is 3.09. The predicted molar refractivity (Wildman–Crippen MR) is 32.4 cm³/mol. The molecule has 4 heteroatoms. The molecule has 1 rings (SSSR count). The summed E-state index contributed by atoms with van der Waals surface area (Å²) in [5.74, 6) is 0. The molecule has 1 saturated heterocycles. The van der Waals surface area contributed by atoms with Crippen LogP contribution in [0.15, 0.2) is 0 Å². The summed E-state index contributed by atoms with van der Waals surface area (Å²) in [7, 11) is 1.48. The summed E-state index contributed by atoms with van der Waals surface area (Å²) in [4.78, 5) is 10.1. The molecular weight excluding hydrogens is 136 g/mol. The van der Waals surface area contributed by atoms with Gasteiger partial charge in [0.2, 0.25) is 0 Å². The van der Waals surface area contributed by atoms with E-state index in [-0.39, 0.29) is 0 Å². The number of carbonyl (C=O) groups excluding carboxylic acids is 1. The third-order valence-corrected chi connectivity index (χ3v) is 1.52. The lowest BCUT2D eigenvalue weighted by Gasteiger charge is -2.05. The summed E-state index contributed by atoms with van der Waals surface area (Å²) in [5.41, 5.74) is 0. The summed E-state index contributed by atoms with van der Waals surface area (Å²) in [6, 6.07) is 0. The van der Waals surface area contributed by atoms with Crippen LogP contribution >= 0.6 is 0 Å². The first-order chi connectivity index (χ1) is 4.77. The molecule has 1 unspecified atom stereocenters. The van der Waals surface area contributed by atoms with Crippen LogP contribution in [0.25, 0.3) is 0 Å². The number of ether oxygens (including phenoxy) is 2. The highest BCUT2D eigenvalue weighted by molar-refractivity contribution is 5.57. The Morgan fingerprint density at radius 3 is 2.80 bits per heavy atom. The van der Waals surface area contributed by atoms with E-state index in [9.17, 15) is 4.79 Å². The number of carbonyl (C=O) groups is 1. The fraction of sp³-hybridized carbons (Fsp3) is 0.833. The number of hydrogen-bond acceptors (Lipinski definition) is 4. The maximum absolute atomic E-state index is 10.1. The molecular formula is C6H10O4. The number of hydrogen-bond donors (Lipinski definition) is 1. The Hall–Kier alpha value is -0.450. The van der Waals surface area contributed by atoms with Crippen molar-refractivity contribution in [1.82, 2.24) is 0 Å². The van der Waals surface area contributed by atoms with E-state index < -0.39 is 18.5 Å². The van der Waals surface area contributed by atoms with E-state index in [1.165, 1.54) is 7.11 Å². The van der Waals surface area contributed by atoms with E-state index >= 15 is 0 Å². The Bertz CT molecular complexity index is 125. The van der Waals surface area contributed by atoms with Crippen molar-refractivity contribution in [3.63, 3.8) is 0 Å². The monoisotopic (exact) mass is 146 g/mol. The zero-order valence-corrected chi connectivity index (χ0v) is 5.69. The molecule has 0 aliphatic carbocycles. The van der Waals surface area contributed by atoms with Crippen LogP contribution < -0.4 is 0 Å². The van der Waals surface area contributed by atoms with Gasteiger partial charge in [-0.15, -0.1) is 0 Å². The Morgan fingerprint density at radius 2 is 2.50 bits per heavy atom. The average molecular weight is 146 g/mol. The smallest absolute Gasteiger partial charge is 0.160 e. The van der Waals surface area contributed by atoms with Gasteiger partial charge < -0.3 is 19.4 Å². The van der Waals surface area contributed by atoms with Gasteiger partial charge in [0.05, 0.1) is 6.10 Å². The van der Waals surface area contributed by atoms with Crippen LogP contribution in [0, 0.1) is 0 Å². The van der Waals surface area contributed by atoms with E-state index in [0.717, 1.165) is 0 Å². The predicted octanol–water partition coefficient (Wildman–Crippen LogP) is -0.692. The summed E-state index contributed by atoms with van der Waals surface area (Å²) in [6.07, 6.45) is -0.874. The Balaban J connectivity index is 2.43. The minimum atomic E-state index is -0.706. The molecule has 1 heterocycles. The van der Waals surface area contributed by atoms with Gasteiger partial charge in [-0.25, -0.2) is 0 Å². The van der Waals surface area contributed by atoms with Crippen LogP contribution in [0.2, 0.25) is 0 Å². The lowest BCUT2D eigenvalue weighted by Crippen LogP contribution is -2.21. The van der Waals surface area contributed by atoms with Gasteiger partial charge in [0.15, 0.2) is 12.6 Å². The van der Waals surface area contributed by atoms with Gasteiger partial charge >= 0.3 is 0 Å². The van der Waals surface area contributed by atoms with Crippen LogP contribution in [0.5, 0.6) is 0 Å². The van der Waals surface area contributed by atoms with Crippen LogP contribution in [0.3, 0.4) is 0 Å². The fourth-order valence-electron chi connectivity index (χ4n) is 0.927. The quantitative estimate of drug-likeness (QED) is 0.524. The lowest BCUT2D eigenvalue weighted by molar-refractivity contribution is -0.138. The average Bonchev–Trinajstić information content (AvgIpc) is 2.30. The number of aliphatic hydroxyl groups excluding tert-OH is 1. The molecule has 0 aromatic carbocycles. The van der Waals surface area contributed by atoms with Crippen molar-refractivity contribution in [2.24, 2.45) is 0 Å². The van der Waals surface area contributed by atoms with Gasteiger partial charge in [-0.05, 0) is 0 Å². The molecule has 1 aliphatic heterocycles. The summed E-state index contributed by atoms with van der Waals surface area (Å²) in [5, 5.41) is 9.05. The van der Waals surface area contributed by atoms with Crippen molar-refractivity contribution < 1.29 is 19.4 Å². The first-order valence-corrected chi connectivity index (χ1v) is 3.09. The first kappa shape index (κ1) is 7.65. The minimum absolute atomic E-state index is 0.375. The summed E-state index contributed by atoms with van der Waals surface area (Å²) < 4.78 is 9.70. The molecule has 1 N–H and O–H groups in total. The summed E-state index contributed by atoms with van der Waals surface area (Å²) in [6.45, 7) is 0. The van der Waals surface area contributed by atoms with Crippen LogP contribution in [0.1, 0.15) is 6.42 Å². The third-order valence-electron chi connectivity index (χ3n) is 1.52. The van der Waals surface area contributed by atoms with E-state index in [1.807, 2.05) is 0 Å². The maximum Gasteiger partial charge on any atom is 0.160 e. The zero-order valence-electron chi connectivity index (χ0n) is 5.69. The van der Waals surface area contributed by atoms with E-state index in [4.69, 9.17) is 14.6 Å². The normalized spacial score (nSPS) is 40.0. The molecule has 1 fully saturated rings. The van der Waals surface area contributed by atoms with Gasteiger partial charge in [-0.1, -0.05) is 0 Å². The molecule has 0 bridgehead atoms. The zero-order chi connectivity index (χ0) is 7.56. The second-order valence-electron chi connectivity index (χ2n) is 2.21. The largest absolute Gasteiger partial charge is 0.390 e. The molecule has 10 heavy (non-hydrogen) atoms. The van der Waals surface area contributed by atoms with Gasteiger partial charge in [-0.3, -0.25) is 0 Å². The van der Waals surface area contributed by atoms with Gasteiger partial charge in [-0.2, -0.15) is 0 Å². The SMILES string of the molecule is COC1C[C@@H](O)[C@@H](C=O)O1. The van der Waals surface area contributed by atoms with Crippen molar-refractivity contribution in [2.75, 3.05) is 7.11 Å². The molecule has 3 atom stereocenters. The Labute approximate surface area is 58.7 Å². The molecule has 4 nitrogen and oxygen atoms in total. The first-order valence-electron chi connectivity index (χ1n) is 3.09. The van der Waals surface area contributed by atoms with Crippen molar-refractivity contribution in [1.29, 1.82) is 0 Å². The van der Waals surface area contributed by atoms with Crippen molar-refractivity contribution >= 4 is 6.29 Å². The second-order valence-corrected chi connectivity index (χ2v) is 2.21. The molecule has 0 amide bonds. The molecule has 0 spiro atoms. The maximum atomic E-state index is 10.1. The molecule has 1 aliphatic rings. The Morgan fingerprint density at radius 1 is 1.80 bits per heavy atom. The lowest BCUT2D eigenvalue weighted by atomic mass is 10.2. The Kier molecular flexibility index (Phi) is 2.37. The third kappa shape index (κ3) is 1.34. The molecule has 0 aromatic rings. The molecule has 0 radical (unpaired) electrons. The molecule has 0 saturated carbocycles. The van der Waals surface area contributed by atoms with Crippen LogP contribution in [0.4, 0.5) is 0 Å². The highest BCUT2D eigenvalue weighted by Crippen LogP contribution is 2.18. The van der Waals surface area contributed by atoms with Crippen molar-refractivity contribution in [3.05, 3.63) is 0 Å². The molecule has 58 valence electrons. The number of aldehydes is 1. The minimum Gasteiger partial charge on any atom is -0.390 e. The van der Waals surface area contributed by atoms with Crippen LogP contribution in [-0.4, -0.2) is 37.0 Å². The fourth-order valence-corrected chi connectivity index (χ4v) is 0.927.